The Morgan fingerprint density at radius 1 is 0.947 bits per heavy atom. The summed E-state index contributed by atoms with van der Waals surface area (Å²) in [5.74, 6) is 0.813. The fraction of sp³-hybridized carbons (Fsp3) is 0.267. The largest absolute Gasteiger partial charge is 0.504 e. The van der Waals surface area contributed by atoms with Gasteiger partial charge in [0.05, 0.1) is 36.8 Å². The normalized spacial score (nSPS) is 10.6. The van der Waals surface area contributed by atoms with Gasteiger partial charge in [-0.25, -0.2) is 4.98 Å². The molecule has 3 N–H and O–H groups in total. The molecule has 0 aliphatic carbocycles. The van der Waals surface area contributed by atoms with Crippen molar-refractivity contribution in [1.29, 1.82) is 0 Å². The molecule has 0 aliphatic rings. The molecule has 0 radical (unpaired) electrons. The van der Waals surface area contributed by atoms with Gasteiger partial charge in [-0.05, 0) is 61.4 Å². The number of rotatable bonds is 7. The van der Waals surface area contributed by atoms with Gasteiger partial charge in [-0.3, -0.25) is 14.8 Å². The van der Waals surface area contributed by atoms with E-state index in [4.69, 9.17) is 4.74 Å². The lowest BCUT2D eigenvalue weighted by Gasteiger charge is -2.17. The molecule has 1 amide bonds. The predicted molar refractivity (Wildman–Crippen MR) is 154 cm³/mol. The molecular weight excluding hydrogens is 478 g/mol. The van der Waals surface area contributed by atoms with Crippen LogP contribution in [0.4, 0.5) is 11.5 Å². The van der Waals surface area contributed by atoms with Crippen molar-refractivity contribution in [3.63, 3.8) is 0 Å². The maximum absolute atomic E-state index is 12.6. The van der Waals surface area contributed by atoms with Gasteiger partial charge < -0.3 is 20.5 Å². The number of aryl methyl sites for hydroxylation is 1. The number of anilines is 2. The second-order valence-electron chi connectivity index (χ2n) is 7.87. The number of methoxy groups -OCH3 is 1. The van der Waals surface area contributed by atoms with Crippen molar-refractivity contribution in [3.8, 4) is 22.8 Å². The summed E-state index contributed by atoms with van der Waals surface area (Å²) in [6.07, 6.45) is 6.55. The zero-order chi connectivity index (χ0) is 28.1. The molecule has 1 unspecified atom stereocenters. The molecular formula is C30H37N5O3. The molecule has 0 saturated carbocycles. The Hall–Kier alpha value is -4.46. The summed E-state index contributed by atoms with van der Waals surface area (Å²) < 4.78 is 5.19. The average molecular weight is 516 g/mol. The number of nitrogens with zero attached hydrogens (tertiary/aromatic N) is 3. The molecule has 8 heteroatoms. The number of hydrogen-bond acceptors (Lipinski definition) is 7. The van der Waals surface area contributed by atoms with Crippen LogP contribution >= 0.6 is 0 Å². The number of amides is 1. The highest BCUT2D eigenvalue weighted by atomic mass is 16.5. The van der Waals surface area contributed by atoms with Gasteiger partial charge in [0.1, 0.15) is 5.82 Å². The topological polar surface area (TPSA) is 109 Å². The number of phenols is 1. The fourth-order valence-corrected chi connectivity index (χ4v) is 3.48. The number of hydrogen-bond donors (Lipinski definition) is 3. The highest BCUT2D eigenvalue weighted by Crippen LogP contribution is 2.31. The Bertz CT molecular complexity index is 1330. The summed E-state index contributed by atoms with van der Waals surface area (Å²) in [6, 6.07) is 14.4. The molecule has 2 aromatic heterocycles. The quantitative estimate of drug-likeness (QED) is 0.242. The van der Waals surface area contributed by atoms with Gasteiger partial charge in [0.25, 0.3) is 5.91 Å². The molecule has 0 fully saturated rings. The van der Waals surface area contributed by atoms with Crippen molar-refractivity contribution in [2.45, 2.75) is 47.6 Å². The number of ether oxygens (including phenoxy) is 1. The Labute approximate surface area is 225 Å². The lowest BCUT2D eigenvalue weighted by Crippen LogP contribution is -2.13. The summed E-state index contributed by atoms with van der Waals surface area (Å²) in [5, 5.41) is 16.1. The van der Waals surface area contributed by atoms with Crippen molar-refractivity contribution >= 4 is 17.4 Å². The van der Waals surface area contributed by atoms with E-state index in [1.165, 1.54) is 7.11 Å². The van der Waals surface area contributed by atoms with Crippen LogP contribution in [0.1, 0.15) is 62.1 Å². The first-order chi connectivity index (χ1) is 18.4. The lowest BCUT2D eigenvalue weighted by molar-refractivity contribution is 0.102. The van der Waals surface area contributed by atoms with Gasteiger partial charge >= 0.3 is 0 Å². The molecule has 200 valence electrons. The Kier molecular flexibility index (Phi) is 11.7. The Morgan fingerprint density at radius 3 is 2.39 bits per heavy atom. The van der Waals surface area contributed by atoms with E-state index < -0.39 is 0 Å². The van der Waals surface area contributed by atoms with E-state index in [2.05, 4.69) is 25.6 Å². The first-order valence-electron chi connectivity index (χ1n) is 12.7. The molecule has 2 heterocycles. The minimum absolute atomic E-state index is 0.0627. The minimum Gasteiger partial charge on any atom is -0.504 e. The van der Waals surface area contributed by atoms with E-state index in [0.29, 0.717) is 28.5 Å². The molecule has 2 aromatic carbocycles. The summed E-state index contributed by atoms with van der Waals surface area (Å²) >= 11 is 0. The first kappa shape index (κ1) is 29.8. The number of carbonyl (C=O) groups is 1. The van der Waals surface area contributed by atoms with Gasteiger partial charge in [-0.1, -0.05) is 39.8 Å². The van der Waals surface area contributed by atoms with E-state index in [1.807, 2.05) is 65.8 Å². The number of benzene rings is 2. The van der Waals surface area contributed by atoms with E-state index in [-0.39, 0.29) is 17.7 Å². The van der Waals surface area contributed by atoms with E-state index >= 15 is 0 Å². The summed E-state index contributed by atoms with van der Waals surface area (Å²) in [6.45, 7) is 11.9. The molecule has 1 atom stereocenters. The van der Waals surface area contributed by atoms with Crippen LogP contribution < -0.4 is 15.4 Å². The van der Waals surface area contributed by atoms with E-state index in [0.717, 1.165) is 16.7 Å². The number of aromatic hydroxyl groups is 1. The predicted octanol–water partition coefficient (Wildman–Crippen LogP) is 7.04. The molecule has 0 bridgehead atoms. The molecule has 0 spiro atoms. The maximum atomic E-state index is 12.6. The van der Waals surface area contributed by atoms with E-state index in [9.17, 15) is 9.90 Å². The third-order valence-corrected chi connectivity index (χ3v) is 5.26. The van der Waals surface area contributed by atoms with Crippen LogP contribution in [0, 0.1) is 6.92 Å². The van der Waals surface area contributed by atoms with Crippen LogP contribution in [0.2, 0.25) is 0 Å². The van der Waals surface area contributed by atoms with Crippen LogP contribution in [0.15, 0.2) is 73.3 Å². The number of phenolic OH excluding ortho intramolecular Hbond substituents is 1. The highest BCUT2D eigenvalue weighted by Gasteiger charge is 2.12. The second kappa shape index (κ2) is 14.9. The van der Waals surface area contributed by atoms with Crippen LogP contribution in [0.3, 0.4) is 0 Å². The van der Waals surface area contributed by atoms with Gasteiger partial charge in [0, 0.05) is 23.6 Å². The first-order valence-corrected chi connectivity index (χ1v) is 12.7. The smallest absolute Gasteiger partial charge is 0.257 e. The van der Waals surface area contributed by atoms with Gasteiger partial charge in [-0.2, -0.15) is 0 Å². The molecule has 0 saturated heterocycles. The molecule has 8 nitrogen and oxygen atoms in total. The highest BCUT2D eigenvalue weighted by molar-refractivity contribution is 6.04. The number of aromatic nitrogens is 3. The van der Waals surface area contributed by atoms with Gasteiger partial charge in [0.15, 0.2) is 11.5 Å². The van der Waals surface area contributed by atoms with Gasteiger partial charge in [0.2, 0.25) is 0 Å². The second-order valence-corrected chi connectivity index (χ2v) is 7.87. The molecule has 4 aromatic rings. The van der Waals surface area contributed by atoms with Crippen LogP contribution in [-0.4, -0.2) is 33.1 Å². The van der Waals surface area contributed by atoms with E-state index in [1.54, 1.807) is 49.1 Å². The maximum Gasteiger partial charge on any atom is 0.257 e. The van der Waals surface area contributed by atoms with Crippen molar-refractivity contribution in [2.24, 2.45) is 0 Å². The number of nitrogens with one attached hydrogen (secondary N) is 2. The zero-order valence-corrected chi connectivity index (χ0v) is 23.1. The molecule has 38 heavy (non-hydrogen) atoms. The van der Waals surface area contributed by atoms with Crippen LogP contribution in [0.25, 0.3) is 11.3 Å². The zero-order valence-electron chi connectivity index (χ0n) is 23.1. The molecule has 0 aliphatic heterocycles. The van der Waals surface area contributed by atoms with Crippen molar-refractivity contribution < 1.29 is 14.6 Å². The van der Waals surface area contributed by atoms with Crippen LogP contribution in [0.5, 0.6) is 11.5 Å². The Morgan fingerprint density at radius 2 is 1.68 bits per heavy atom. The average Bonchev–Trinajstić information content (AvgIpc) is 2.95. The van der Waals surface area contributed by atoms with Crippen LogP contribution in [-0.2, 0) is 0 Å². The number of pyridine rings is 1. The van der Waals surface area contributed by atoms with Crippen molar-refractivity contribution in [3.05, 3.63) is 90.0 Å². The summed E-state index contributed by atoms with van der Waals surface area (Å²) in [5.41, 5.74) is 4.51. The fourth-order valence-electron chi connectivity index (χ4n) is 3.48. The standard InChI is InChI=1S/C26H25N5O3.2C2H6/c1-16-9-20(13-27-12-16)26(33)30-21-6-4-5-18(10-21)17(2)29-25-15-28-14-22(31-25)19-7-8-23(32)24(11-19)34-3;2*1-2/h4-15,17,32H,1-3H3,(H,29,31)(H,30,33);2*1-2H3. The minimum atomic E-state index is -0.211. The monoisotopic (exact) mass is 515 g/mol. The summed E-state index contributed by atoms with van der Waals surface area (Å²) in [4.78, 5) is 25.6. The lowest BCUT2D eigenvalue weighted by atomic mass is 10.1. The molecule has 4 rings (SSSR count). The Balaban J connectivity index is 0.00000121. The number of carbonyl (C=O) groups excluding carboxylic acids is 1. The van der Waals surface area contributed by atoms with Crippen molar-refractivity contribution in [2.75, 3.05) is 17.7 Å². The third-order valence-electron chi connectivity index (χ3n) is 5.26. The SMILES string of the molecule is CC.CC.COc1cc(-c2cncc(NC(C)c3cccc(NC(=O)c4cncc(C)c4)c3)n2)ccc1O. The van der Waals surface area contributed by atoms with Crippen molar-refractivity contribution in [1.82, 2.24) is 15.0 Å². The third kappa shape index (κ3) is 8.03. The summed E-state index contributed by atoms with van der Waals surface area (Å²) in [7, 11) is 1.50. The van der Waals surface area contributed by atoms with Gasteiger partial charge in [-0.15, -0.1) is 0 Å².